The van der Waals surface area contributed by atoms with Gasteiger partial charge >= 0.3 is 0 Å². The molecule has 0 aromatic heterocycles. The zero-order valence-electron chi connectivity index (χ0n) is 14.8. The van der Waals surface area contributed by atoms with Crippen LogP contribution in [0.2, 0.25) is 0 Å². The van der Waals surface area contributed by atoms with Crippen LogP contribution in [0.4, 0.5) is 0 Å². The van der Waals surface area contributed by atoms with Crippen molar-refractivity contribution in [3.05, 3.63) is 71.3 Å². The zero-order valence-corrected chi connectivity index (χ0v) is 14.8. The Morgan fingerprint density at radius 2 is 1.67 bits per heavy atom. The number of nitrogens with zero attached hydrogens (tertiary/aromatic N) is 2. The second-order valence-electron chi connectivity index (χ2n) is 5.70. The van der Waals surface area contributed by atoms with E-state index in [-0.39, 0.29) is 0 Å². The fourth-order valence-electron chi connectivity index (χ4n) is 2.47. The summed E-state index contributed by atoms with van der Waals surface area (Å²) in [6, 6.07) is 18.9. The van der Waals surface area contributed by atoms with Crippen molar-refractivity contribution in [3.63, 3.8) is 0 Å². The summed E-state index contributed by atoms with van der Waals surface area (Å²) in [5, 5.41) is 3.41. The third-order valence-corrected chi connectivity index (χ3v) is 3.78. The van der Waals surface area contributed by atoms with Gasteiger partial charge in [0.25, 0.3) is 0 Å². The van der Waals surface area contributed by atoms with Gasteiger partial charge in [0.1, 0.15) is 0 Å². The van der Waals surface area contributed by atoms with Gasteiger partial charge in [0, 0.05) is 33.8 Å². The minimum atomic E-state index is 0.672. The van der Waals surface area contributed by atoms with E-state index >= 15 is 0 Å². The van der Waals surface area contributed by atoms with E-state index in [1.807, 2.05) is 27.1 Å². The highest BCUT2D eigenvalue weighted by molar-refractivity contribution is 5.79. The first-order valence-corrected chi connectivity index (χ1v) is 8.34. The van der Waals surface area contributed by atoms with Crippen molar-refractivity contribution < 1.29 is 4.74 Å². The van der Waals surface area contributed by atoms with Crippen molar-refractivity contribution in [2.24, 2.45) is 4.99 Å². The quantitative estimate of drug-likeness (QED) is 0.626. The standard InChI is InChI=1S/C20H27N3O/c1-4-24-16-19-12-10-17(11-13-19)14-22-20(21-2)23(3)15-18-8-6-5-7-9-18/h5-13H,4,14-16H2,1-3H3,(H,21,22). The molecule has 1 N–H and O–H groups in total. The number of benzene rings is 2. The maximum absolute atomic E-state index is 5.42. The molecule has 0 aliphatic carbocycles. The Balaban J connectivity index is 1.86. The highest BCUT2D eigenvalue weighted by Gasteiger charge is 2.06. The molecule has 4 heteroatoms. The SMILES string of the molecule is CCOCc1ccc(CNC(=NC)N(C)Cc2ccccc2)cc1. The van der Waals surface area contributed by atoms with Crippen molar-refractivity contribution in [2.75, 3.05) is 20.7 Å². The van der Waals surface area contributed by atoms with E-state index in [2.05, 4.69) is 63.7 Å². The lowest BCUT2D eigenvalue weighted by Gasteiger charge is -2.22. The molecule has 128 valence electrons. The van der Waals surface area contributed by atoms with Gasteiger partial charge in [-0.3, -0.25) is 4.99 Å². The van der Waals surface area contributed by atoms with Crippen molar-refractivity contribution in [3.8, 4) is 0 Å². The topological polar surface area (TPSA) is 36.9 Å². The van der Waals surface area contributed by atoms with E-state index in [4.69, 9.17) is 4.74 Å². The predicted octanol–water partition coefficient (Wildman–Crippen LogP) is 3.43. The zero-order chi connectivity index (χ0) is 17.2. The van der Waals surface area contributed by atoms with E-state index in [0.29, 0.717) is 6.61 Å². The van der Waals surface area contributed by atoms with E-state index in [9.17, 15) is 0 Å². The van der Waals surface area contributed by atoms with Gasteiger partial charge in [0.15, 0.2) is 5.96 Å². The molecule has 0 radical (unpaired) electrons. The van der Waals surface area contributed by atoms with Crippen LogP contribution in [0.5, 0.6) is 0 Å². The largest absolute Gasteiger partial charge is 0.377 e. The molecule has 0 amide bonds. The van der Waals surface area contributed by atoms with Gasteiger partial charge in [0.2, 0.25) is 0 Å². The van der Waals surface area contributed by atoms with Crippen LogP contribution in [0.1, 0.15) is 23.6 Å². The van der Waals surface area contributed by atoms with Crippen molar-refractivity contribution in [2.45, 2.75) is 26.6 Å². The Kier molecular flexibility index (Phi) is 7.30. The Morgan fingerprint density at radius 1 is 1.00 bits per heavy atom. The molecule has 0 unspecified atom stereocenters. The lowest BCUT2D eigenvalue weighted by molar-refractivity contribution is 0.134. The Hall–Kier alpha value is -2.33. The van der Waals surface area contributed by atoms with Gasteiger partial charge in [-0.1, -0.05) is 54.6 Å². The van der Waals surface area contributed by atoms with Crippen LogP contribution in [0.25, 0.3) is 0 Å². The summed E-state index contributed by atoms with van der Waals surface area (Å²) in [7, 11) is 3.86. The maximum atomic E-state index is 5.42. The number of guanidine groups is 1. The molecule has 2 rings (SSSR count). The Bertz CT molecular complexity index is 623. The molecule has 0 fully saturated rings. The summed E-state index contributed by atoms with van der Waals surface area (Å²) in [6.07, 6.45) is 0. The van der Waals surface area contributed by atoms with Crippen LogP contribution in [0, 0.1) is 0 Å². The lowest BCUT2D eigenvalue weighted by Crippen LogP contribution is -2.38. The van der Waals surface area contributed by atoms with Gasteiger partial charge in [-0.05, 0) is 23.6 Å². The molecule has 0 saturated carbocycles. The molecule has 0 spiro atoms. The first-order valence-electron chi connectivity index (χ1n) is 8.34. The van der Waals surface area contributed by atoms with E-state index in [1.54, 1.807) is 0 Å². The fraction of sp³-hybridized carbons (Fsp3) is 0.350. The lowest BCUT2D eigenvalue weighted by atomic mass is 10.1. The first kappa shape index (κ1) is 18.0. The third kappa shape index (κ3) is 5.70. The summed E-state index contributed by atoms with van der Waals surface area (Å²) < 4.78 is 5.42. The first-order chi connectivity index (χ1) is 11.7. The number of hydrogen-bond donors (Lipinski definition) is 1. The van der Waals surface area contributed by atoms with Crippen LogP contribution >= 0.6 is 0 Å². The third-order valence-electron chi connectivity index (χ3n) is 3.78. The molecule has 0 aliphatic rings. The smallest absolute Gasteiger partial charge is 0.193 e. The number of ether oxygens (including phenoxy) is 1. The summed E-state index contributed by atoms with van der Waals surface area (Å²) in [5.74, 6) is 0.886. The molecule has 2 aromatic carbocycles. The summed E-state index contributed by atoms with van der Waals surface area (Å²) in [5.41, 5.74) is 3.69. The predicted molar refractivity (Wildman–Crippen MR) is 99.9 cm³/mol. The number of rotatable bonds is 7. The molecule has 4 nitrogen and oxygen atoms in total. The van der Waals surface area contributed by atoms with E-state index in [0.717, 1.165) is 25.7 Å². The molecule has 0 aliphatic heterocycles. The minimum absolute atomic E-state index is 0.672. The normalized spacial score (nSPS) is 11.4. The fourth-order valence-corrected chi connectivity index (χ4v) is 2.47. The summed E-state index contributed by atoms with van der Waals surface area (Å²) in [4.78, 5) is 6.49. The molecule has 0 saturated heterocycles. The highest BCUT2D eigenvalue weighted by atomic mass is 16.5. The van der Waals surface area contributed by atoms with Crippen molar-refractivity contribution in [1.29, 1.82) is 0 Å². The molecular weight excluding hydrogens is 298 g/mol. The Labute approximate surface area is 145 Å². The second-order valence-corrected chi connectivity index (χ2v) is 5.70. The number of nitrogens with one attached hydrogen (secondary N) is 1. The van der Waals surface area contributed by atoms with Gasteiger partial charge in [-0.2, -0.15) is 0 Å². The van der Waals surface area contributed by atoms with Gasteiger partial charge in [-0.15, -0.1) is 0 Å². The van der Waals surface area contributed by atoms with Crippen LogP contribution in [-0.2, 0) is 24.4 Å². The average molecular weight is 325 g/mol. The summed E-state index contributed by atoms with van der Waals surface area (Å²) in [6.45, 7) is 5.00. The van der Waals surface area contributed by atoms with Gasteiger partial charge in [-0.25, -0.2) is 0 Å². The van der Waals surface area contributed by atoms with Crippen molar-refractivity contribution in [1.82, 2.24) is 10.2 Å². The van der Waals surface area contributed by atoms with Crippen LogP contribution in [0.15, 0.2) is 59.6 Å². The van der Waals surface area contributed by atoms with Gasteiger partial charge in [0.05, 0.1) is 6.61 Å². The number of aliphatic imine (C=N–C) groups is 1. The molecule has 0 bridgehead atoms. The van der Waals surface area contributed by atoms with Crippen molar-refractivity contribution >= 4 is 5.96 Å². The van der Waals surface area contributed by atoms with E-state index < -0.39 is 0 Å². The summed E-state index contributed by atoms with van der Waals surface area (Å²) >= 11 is 0. The van der Waals surface area contributed by atoms with Crippen LogP contribution < -0.4 is 5.32 Å². The molecule has 2 aromatic rings. The van der Waals surface area contributed by atoms with Crippen LogP contribution in [-0.4, -0.2) is 31.6 Å². The minimum Gasteiger partial charge on any atom is -0.377 e. The monoisotopic (exact) mass is 325 g/mol. The average Bonchev–Trinajstić information content (AvgIpc) is 2.62. The second kappa shape index (κ2) is 9.73. The maximum Gasteiger partial charge on any atom is 0.193 e. The number of hydrogen-bond acceptors (Lipinski definition) is 2. The van der Waals surface area contributed by atoms with Crippen LogP contribution in [0.3, 0.4) is 0 Å². The molecule has 0 atom stereocenters. The highest BCUT2D eigenvalue weighted by Crippen LogP contribution is 2.07. The molecular formula is C20H27N3O. The molecule has 24 heavy (non-hydrogen) atoms. The molecule has 0 heterocycles. The Morgan fingerprint density at radius 3 is 2.29 bits per heavy atom. The van der Waals surface area contributed by atoms with E-state index in [1.165, 1.54) is 16.7 Å². The van der Waals surface area contributed by atoms with Gasteiger partial charge < -0.3 is 15.0 Å².